The van der Waals surface area contributed by atoms with E-state index >= 15 is 0 Å². The van der Waals surface area contributed by atoms with Crippen LogP contribution in [-0.2, 0) is 6.54 Å². The van der Waals surface area contributed by atoms with Gasteiger partial charge in [0.2, 0.25) is 0 Å². The Morgan fingerprint density at radius 2 is 2.32 bits per heavy atom. The molecule has 3 N–H and O–H groups in total. The maximum atomic E-state index is 9.00. The van der Waals surface area contributed by atoms with Crippen molar-refractivity contribution in [3.63, 3.8) is 0 Å². The van der Waals surface area contributed by atoms with E-state index in [1.807, 2.05) is 25.1 Å². The molecule has 0 saturated carbocycles. The van der Waals surface area contributed by atoms with Gasteiger partial charge in [-0.05, 0) is 50.4 Å². The largest absolute Gasteiger partial charge is 0.494 e. The lowest BCUT2D eigenvalue weighted by Crippen LogP contribution is -2.21. The highest BCUT2D eigenvalue weighted by Gasteiger charge is 2.22. The maximum absolute atomic E-state index is 9.00. The number of aliphatic hydroxyl groups excluding tert-OH is 1. The normalized spacial score (nSPS) is 19.8. The summed E-state index contributed by atoms with van der Waals surface area (Å²) in [5.74, 6) is 1.56. The highest BCUT2D eigenvalue weighted by Crippen LogP contribution is 2.26. The summed E-state index contributed by atoms with van der Waals surface area (Å²) >= 11 is 0. The number of nitrogens with two attached hydrogens (primary N) is 1. The Balaban J connectivity index is 2.00. The van der Waals surface area contributed by atoms with Crippen molar-refractivity contribution >= 4 is 5.69 Å². The summed E-state index contributed by atoms with van der Waals surface area (Å²) in [5.41, 5.74) is 7.81. The molecule has 0 aliphatic carbocycles. The number of likely N-dealkylation sites (tertiary alicyclic amines) is 1. The second-order valence-corrected chi connectivity index (χ2v) is 5.20. The van der Waals surface area contributed by atoms with E-state index in [4.69, 9.17) is 15.6 Å². The second kappa shape index (κ2) is 6.78. The zero-order valence-corrected chi connectivity index (χ0v) is 11.6. The van der Waals surface area contributed by atoms with Crippen molar-refractivity contribution < 1.29 is 9.84 Å². The minimum atomic E-state index is 0.293. The van der Waals surface area contributed by atoms with Gasteiger partial charge in [-0.1, -0.05) is 0 Å². The van der Waals surface area contributed by atoms with Crippen LogP contribution in [0.2, 0.25) is 0 Å². The number of rotatable bonds is 6. The van der Waals surface area contributed by atoms with Crippen LogP contribution in [0, 0.1) is 5.92 Å². The third kappa shape index (κ3) is 3.85. The zero-order valence-electron chi connectivity index (χ0n) is 11.6. The van der Waals surface area contributed by atoms with E-state index in [-0.39, 0.29) is 0 Å². The highest BCUT2D eigenvalue weighted by atomic mass is 16.5. The number of nitrogens with zero attached hydrogens (tertiary/aromatic N) is 1. The third-order valence-electron chi connectivity index (χ3n) is 3.69. The van der Waals surface area contributed by atoms with Crippen molar-refractivity contribution in [1.82, 2.24) is 4.90 Å². The molecule has 1 atom stereocenters. The summed E-state index contributed by atoms with van der Waals surface area (Å²) in [4.78, 5) is 2.41. The molecule has 19 heavy (non-hydrogen) atoms. The average molecular weight is 264 g/mol. The molecule has 0 amide bonds. The quantitative estimate of drug-likeness (QED) is 0.770. The van der Waals surface area contributed by atoms with Gasteiger partial charge in [-0.15, -0.1) is 0 Å². The molecule has 1 fully saturated rings. The molecule has 0 spiro atoms. The van der Waals surface area contributed by atoms with E-state index < -0.39 is 0 Å². The SMILES string of the molecule is CCOc1ccc(N)cc1CN1CCC(CCO)C1. The second-order valence-electron chi connectivity index (χ2n) is 5.20. The summed E-state index contributed by atoms with van der Waals surface area (Å²) in [6, 6.07) is 5.84. The van der Waals surface area contributed by atoms with Gasteiger partial charge < -0.3 is 15.6 Å². The first-order valence-corrected chi connectivity index (χ1v) is 7.07. The van der Waals surface area contributed by atoms with Crippen molar-refractivity contribution in [3.8, 4) is 5.75 Å². The van der Waals surface area contributed by atoms with Crippen molar-refractivity contribution in [1.29, 1.82) is 0 Å². The monoisotopic (exact) mass is 264 g/mol. The molecular weight excluding hydrogens is 240 g/mol. The number of hydrogen-bond donors (Lipinski definition) is 2. The third-order valence-corrected chi connectivity index (χ3v) is 3.69. The number of nitrogen functional groups attached to an aromatic ring is 1. The fraction of sp³-hybridized carbons (Fsp3) is 0.600. The van der Waals surface area contributed by atoms with E-state index in [2.05, 4.69) is 4.90 Å². The van der Waals surface area contributed by atoms with Gasteiger partial charge in [-0.25, -0.2) is 0 Å². The van der Waals surface area contributed by atoms with Crippen LogP contribution in [-0.4, -0.2) is 36.3 Å². The Hall–Kier alpha value is -1.26. The molecule has 1 saturated heterocycles. The summed E-state index contributed by atoms with van der Waals surface area (Å²) in [6.07, 6.45) is 2.08. The van der Waals surface area contributed by atoms with Crippen LogP contribution in [0.5, 0.6) is 5.75 Å². The number of ether oxygens (including phenoxy) is 1. The topological polar surface area (TPSA) is 58.7 Å². The zero-order chi connectivity index (χ0) is 13.7. The first-order chi connectivity index (χ1) is 9.22. The van der Waals surface area contributed by atoms with E-state index in [1.165, 1.54) is 6.42 Å². The van der Waals surface area contributed by atoms with E-state index in [0.717, 1.165) is 43.1 Å². The molecule has 1 aromatic carbocycles. The van der Waals surface area contributed by atoms with Crippen LogP contribution in [0.3, 0.4) is 0 Å². The smallest absolute Gasteiger partial charge is 0.123 e. The number of anilines is 1. The van der Waals surface area contributed by atoms with E-state index in [9.17, 15) is 0 Å². The molecule has 1 aliphatic rings. The van der Waals surface area contributed by atoms with Gasteiger partial charge in [0.25, 0.3) is 0 Å². The molecule has 0 radical (unpaired) electrons. The van der Waals surface area contributed by atoms with Gasteiger partial charge in [0.05, 0.1) is 6.61 Å². The molecule has 2 rings (SSSR count). The Kier molecular flexibility index (Phi) is 5.05. The van der Waals surface area contributed by atoms with E-state index in [1.54, 1.807) is 0 Å². The molecule has 1 heterocycles. The molecule has 1 unspecified atom stereocenters. The predicted molar refractivity (Wildman–Crippen MR) is 77.1 cm³/mol. The number of hydrogen-bond acceptors (Lipinski definition) is 4. The lowest BCUT2D eigenvalue weighted by atomic mass is 10.1. The van der Waals surface area contributed by atoms with Crippen molar-refractivity contribution in [3.05, 3.63) is 23.8 Å². The Bertz CT molecular complexity index is 409. The summed E-state index contributed by atoms with van der Waals surface area (Å²) < 4.78 is 5.65. The van der Waals surface area contributed by atoms with Crippen LogP contribution in [0.1, 0.15) is 25.3 Å². The molecule has 4 nitrogen and oxygen atoms in total. The fourth-order valence-corrected chi connectivity index (χ4v) is 2.73. The number of aliphatic hydroxyl groups is 1. The molecule has 106 valence electrons. The highest BCUT2D eigenvalue weighted by molar-refractivity contribution is 5.47. The minimum absolute atomic E-state index is 0.293. The maximum Gasteiger partial charge on any atom is 0.123 e. The van der Waals surface area contributed by atoms with Gasteiger partial charge >= 0.3 is 0 Å². The summed E-state index contributed by atoms with van der Waals surface area (Å²) in [6.45, 7) is 5.98. The summed E-state index contributed by atoms with van der Waals surface area (Å²) in [7, 11) is 0. The van der Waals surface area contributed by atoms with Gasteiger partial charge in [-0.3, -0.25) is 4.90 Å². The first kappa shape index (κ1) is 14.2. The summed E-state index contributed by atoms with van der Waals surface area (Å²) in [5, 5.41) is 9.00. The standard InChI is InChI=1S/C15H24N2O2/c1-2-19-15-4-3-14(16)9-13(15)11-17-7-5-12(10-17)6-8-18/h3-4,9,12,18H,2,5-8,10-11,16H2,1H3. The lowest BCUT2D eigenvalue weighted by molar-refractivity contribution is 0.248. The van der Waals surface area contributed by atoms with Gasteiger partial charge in [0, 0.05) is 30.9 Å². The van der Waals surface area contributed by atoms with Crippen LogP contribution in [0.4, 0.5) is 5.69 Å². The van der Waals surface area contributed by atoms with Crippen molar-refractivity contribution in [2.75, 3.05) is 32.0 Å². The Morgan fingerprint density at radius 1 is 1.47 bits per heavy atom. The molecular formula is C15H24N2O2. The lowest BCUT2D eigenvalue weighted by Gasteiger charge is -2.18. The van der Waals surface area contributed by atoms with Gasteiger partial charge in [-0.2, -0.15) is 0 Å². The molecule has 1 aliphatic heterocycles. The molecule has 0 bridgehead atoms. The van der Waals surface area contributed by atoms with Crippen LogP contribution in [0.15, 0.2) is 18.2 Å². The van der Waals surface area contributed by atoms with Gasteiger partial charge in [0.15, 0.2) is 0 Å². The Labute approximate surface area is 115 Å². The molecule has 0 aromatic heterocycles. The number of benzene rings is 1. The van der Waals surface area contributed by atoms with Crippen LogP contribution in [0.25, 0.3) is 0 Å². The minimum Gasteiger partial charge on any atom is -0.494 e. The first-order valence-electron chi connectivity index (χ1n) is 7.07. The van der Waals surface area contributed by atoms with Crippen LogP contribution < -0.4 is 10.5 Å². The molecule has 4 heteroatoms. The fourth-order valence-electron chi connectivity index (χ4n) is 2.73. The van der Waals surface area contributed by atoms with Crippen LogP contribution >= 0.6 is 0 Å². The predicted octanol–water partition coefficient (Wildman–Crippen LogP) is 1.87. The Morgan fingerprint density at radius 3 is 3.05 bits per heavy atom. The van der Waals surface area contributed by atoms with Crippen molar-refractivity contribution in [2.45, 2.75) is 26.3 Å². The molecule has 1 aromatic rings. The van der Waals surface area contributed by atoms with E-state index in [0.29, 0.717) is 19.1 Å². The van der Waals surface area contributed by atoms with Gasteiger partial charge in [0.1, 0.15) is 5.75 Å². The van der Waals surface area contributed by atoms with Crippen molar-refractivity contribution in [2.24, 2.45) is 5.92 Å². The average Bonchev–Trinajstić information content (AvgIpc) is 2.81.